The van der Waals surface area contributed by atoms with Crippen molar-refractivity contribution in [3.63, 3.8) is 0 Å². The van der Waals surface area contributed by atoms with Gasteiger partial charge in [0.25, 0.3) is 0 Å². The molecule has 116 valence electrons. The maximum Gasteiger partial charge on any atom is 0.308 e. The molecule has 2 aromatic rings. The van der Waals surface area contributed by atoms with Gasteiger partial charge in [0.1, 0.15) is 5.82 Å². The summed E-state index contributed by atoms with van der Waals surface area (Å²) in [4.78, 5) is 16.0. The molecule has 0 amide bonds. The Morgan fingerprint density at radius 1 is 1.32 bits per heavy atom. The van der Waals surface area contributed by atoms with Crippen molar-refractivity contribution in [1.29, 1.82) is 0 Å². The zero-order chi connectivity index (χ0) is 15.9. The van der Waals surface area contributed by atoms with E-state index in [2.05, 4.69) is 42.7 Å². The number of hydrogen-bond acceptors (Lipinski definition) is 2. The lowest BCUT2D eigenvalue weighted by atomic mass is 9.99. The average molecular weight is 298 g/mol. The Morgan fingerprint density at radius 2 is 2.00 bits per heavy atom. The van der Waals surface area contributed by atoms with Gasteiger partial charge in [-0.15, -0.1) is 0 Å². The van der Waals surface area contributed by atoms with Crippen molar-refractivity contribution in [3.8, 4) is 11.3 Å². The summed E-state index contributed by atoms with van der Waals surface area (Å²) in [6.45, 7) is 6.93. The minimum absolute atomic E-state index is 0.295. The Hall–Kier alpha value is -2.10. The minimum Gasteiger partial charge on any atom is -0.481 e. The molecule has 0 aliphatic carbocycles. The van der Waals surface area contributed by atoms with Gasteiger partial charge >= 0.3 is 5.97 Å². The highest BCUT2D eigenvalue weighted by atomic mass is 16.4. The van der Waals surface area contributed by atoms with Crippen LogP contribution in [0.25, 0.3) is 11.3 Å². The van der Waals surface area contributed by atoms with Crippen LogP contribution in [0, 0.1) is 12.8 Å². The molecule has 3 rings (SSSR count). The summed E-state index contributed by atoms with van der Waals surface area (Å²) in [5.41, 5.74) is 4.47. The molecule has 1 aliphatic heterocycles. The van der Waals surface area contributed by atoms with Gasteiger partial charge in [-0.1, -0.05) is 38.1 Å². The number of fused-ring (bicyclic) bond motifs is 1. The molecule has 1 unspecified atom stereocenters. The van der Waals surface area contributed by atoms with Crippen LogP contribution in [-0.2, 0) is 17.8 Å². The minimum atomic E-state index is -0.707. The second-order valence-electron chi connectivity index (χ2n) is 6.42. The summed E-state index contributed by atoms with van der Waals surface area (Å²) in [5.74, 6) is 0.526. The van der Waals surface area contributed by atoms with E-state index in [0.717, 1.165) is 29.2 Å². The fourth-order valence-electron chi connectivity index (χ4n) is 3.14. The van der Waals surface area contributed by atoms with Crippen molar-refractivity contribution < 1.29 is 9.90 Å². The van der Waals surface area contributed by atoms with Crippen LogP contribution in [0.2, 0.25) is 0 Å². The molecule has 0 saturated heterocycles. The largest absolute Gasteiger partial charge is 0.481 e. The third kappa shape index (κ3) is 2.54. The predicted molar refractivity (Wildman–Crippen MR) is 85.9 cm³/mol. The number of aromatic nitrogens is 2. The Morgan fingerprint density at radius 3 is 2.59 bits per heavy atom. The highest BCUT2D eigenvalue weighted by Crippen LogP contribution is 2.29. The number of aryl methyl sites for hydroxylation is 1. The first-order valence-electron chi connectivity index (χ1n) is 7.86. The molecule has 22 heavy (non-hydrogen) atoms. The molecule has 1 aromatic carbocycles. The first kappa shape index (κ1) is 14.8. The molecule has 0 bridgehead atoms. The number of rotatable bonds is 3. The second-order valence-corrected chi connectivity index (χ2v) is 6.42. The van der Waals surface area contributed by atoms with Gasteiger partial charge in [-0.05, 0) is 24.8 Å². The lowest BCUT2D eigenvalue weighted by molar-refractivity contribution is -0.142. The SMILES string of the molecule is Cc1c(-c2ccc(C(C)C)cc2)nc2n1CC(C(=O)O)CC2. The molecular weight excluding hydrogens is 276 g/mol. The van der Waals surface area contributed by atoms with Crippen molar-refractivity contribution in [1.82, 2.24) is 9.55 Å². The molecule has 1 atom stereocenters. The first-order valence-corrected chi connectivity index (χ1v) is 7.86. The summed E-state index contributed by atoms with van der Waals surface area (Å²) in [6.07, 6.45) is 1.42. The smallest absolute Gasteiger partial charge is 0.308 e. The lowest BCUT2D eigenvalue weighted by Gasteiger charge is -2.21. The standard InChI is InChI=1S/C18H22N2O2/c1-11(2)13-4-6-14(7-5-13)17-12(3)20-10-15(18(21)22)8-9-16(20)19-17/h4-7,11,15H,8-10H2,1-3H3,(H,21,22). The van der Waals surface area contributed by atoms with Crippen molar-refractivity contribution in [2.45, 2.75) is 46.1 Å². The van der Waals surface area contributed by atoms with E-state index in [1.807, 2.05) is 6.92 Å². The van der Waals surface area contributed by atoms with E-state index < -0.39 is 5.97 Å². The van der Waals surface area contributed by atoms with Crippen molar-refractivity contribution in [3.05, 3.63) is 41.3 Å². The van der Waals surface area contributed by atoms with E-state index in [-0.39, 0.29) is 5.92 Å². The van der Waals surface area contributed by atoms with Crippen molar-refractivity contribution in [2.24, 2.45) is 5.92 Å². The lowest BCUT2D eigenvalue weighted by Crippen LogP contribution is -2.27. The Balaban J connectivity index is 1.95. The molecule has 4 nitrogen and oxygen atoms in total. The van der Waals surface area contributed by atoms with Crippen LogP contribution in [0.1, 0.15) is 43.3 Å². The second kappa shape index (κ2) is 5.59. The number of aliphatic carboxylic acids is 1. The first-order chi connectivity index (χ1) is 10.5. The third-order valence-corrected chi connectivity index (χ3v) is 4.62. The monoisotopic (exact) mass is 298 g/mol. The highest BCUT2D eigenvalue weighted by molar-refractivity contribution is 5.70. The number of carboxylic acids is 1. The Kier molecular flexibility index (Phi) is 3.77. The van der Waals surface area contributed by atoms with E-state index in [1.165, 1.54) is 5.56 Å². The van der Waals surface area contributed by atoms with Gasteiger partial charge in [-0.3, -0.25) is 4.79 Å². The van der Waals surface area contributed by atoms with Crippen LogP contribution in [0.5, 0.6) is 0 Å². The number of carbonyl (C=O) groups is 1. The van der Waals surface area contributed by atoms with Crippen LogP contribution in [-0.4, -0.2) is 20.6 Å². The Labute approximate surface area is 130 Å². The van der Waals surface area contributed by atoms with Crippen LogP contribution < -0.4 is 0 Å². The molecule has 0 fully saturated rings. The fraction of sp³-hybridized carbons (Fsp3) is 0.444. The summed E-state index contributed by atoms with van der Waals surface area (Å²) < 4.78 is 2.08. The van der Waals surface area contributed by atoms with Gasteiger partial charge in [-0.2, -0.15) is 0 Å². The maximum absolute atomic E-state index is 11.2. The molecule has 0 radical (unpaired) electrons. The van der Waals surface area contributed by atoms with Crippen LogP contribution in [0.15, 0.2) is 24.3 Å². The molecule has 1 aromatic heterocycles. The zero-order valence-electron chi connectivity index (χ0n) is 13.3. The van der Waals surface area contributed by atoms with Crippen LogP contribution in [0.3, 0.4) is 0 Å². The van der Waals surface area contributed by atoms with Gasteiger partial charge in [-0.25, -0.2) is 4.98 Å². The van der Waals surface area contributed by atoms with Gasteiger partial charge in [0.15, 0.2) is 0 Å². The molecule has 0 saturated carbocycles. The van der Waals surface area contributed by atoms with Gasteiger partial charge in [0, 0.05) is 24.2 Å². The van der Waals surface area contributed by atoms with Gasteiger partial charge < -0.3 is 9.67 Å². The number of benzene rings is 1. The summed E-state index contributed by atoms with van der Waals surface area (Å²) >= 11 is 0. The molecular formula is C18H22N2O2. The van der Waals surface area contributed by atoms with Gasteiger partial charge in [0.2, 0.25) is 0 Å². The summed E-state index contributed by atoms with van der Waals surface area (Å²) in [5, 5.41) is 9.23. The topological polar surface area (TPSA) is 55.1 Å². The predicted octanol–water partition coefficient (Wildman–Crippen LogP) is 3.63. The number of imidazole rings is 1. The molecule has 0 spiro atoms. The van der Waals surface area contributed by atoms with Crippen molar-refractivity contribution in [2.75, 3.05) is 0 Å². The average Bonchev–Trinajstić information content (AvgIpc) is 2.84. The van der Waals surface area contributed by atoms with E-state index in [4.69, 9.17) is 4.98 Å². The summed E-state index contributed by atoms with van der Waals surface area (Å²) in [7, 11) is 0. The van der Waals surface area contributed by atoms with E-state index in [1.54, 1.807) is 0 Å². The molecule has 1 aliphatic rings. The van der Waals surface area contributed by atoms with Crippen molar-refractivity contribution >= 4 is 5.97 Å². The number of nitrogens with zero attached hydrogens (tertiary/aromatic N) is 2. The maximum atomic E-state index is 11.2. The zero-order valence-corrected chi connectivity index (χ0v) is 13.3. The fourth-order valence-corrected chi connectivity index (χ4v) is 3.14. The molecule has 1 N–H and O–H groups in total. The van der Waals surface area contributed by atoms with Crippen LogP contribution in [0.4, 0.5) is 0 Å². The summed E-state index contributed by atoms with van der Waals surface area (Å²) in [6, 6.07) is 8.53. The molecule has 4 heteroatoms. The highest BCUT2D eigenvalue weighted by Gasteiger charge is 2.27. The van der Waals surface area contributed by atoms with Crippen LogP contribution >= 0.6 is 0 Å². The van der Waals surface area contributed by atoms with Gasteiger partial charge in [0.05, 0.1) is 11.6 Å². The quantitative estimate of drug-likeness (QED) is 0.941. The molecule has 2 heterocycles. The van der Waals surface area contributed by atoms with E-state index in [9.17, 15) is 9.90 Å². The van der Waals surface area contributed by atoms with E-state index in [0.29, 0.717) is 18.9 Å². The number of hydrogen-bond donors (Lipinski definition) is 1. The normalized spacial score (nSPS) is 17.5. The van der Waals surface area contributed by atoms with E-state index >= 15 is 0 Å². The third-order valence-electron chi connectivity index (χ3n) is 4.62. The number of carboxylic acid groups (broad SMARTS) is 1. The Bertz CT molecular complexity index is 699.